The number of halogens is 4. The summed E-state index contributed by atoms with van der Waals surface area (Å²) in [5.41, 5.74) is 1.01. The number of nitrogens with one attached hydrogen (secondary N) is 1. The normalized spacial score (nSPS) is 10.8. The number of hydrogen-bond donors (Lipinski definition) is 1. The highest BCUT2D eigenvalue weighted by Crippen LogP contribution is 2.12. The zero-order valence-electron chi connectivity index (χ0n) is 11.9. The van der Waals surface area contributed by atoms with Crippen molar-refractivity contribution >= 4 is 41.0 Å². The molecule has 7 heteroatoms. The van der Waals surface area contributed by atoms with Gasteiger partial charge in [0.25, 0.3) is 0 Å². The Morgan fingerprint density at radius 1 is 0.955 bits per heavy atom. The summed E-state index contributed by atoms with van der Waals surface area (Å²) in [6, 6.07) is 8.22. The van der Waals surface area contributed by atoms with Gasteiger partial charge in [0, 0.05) is 23.2 Å². The molecule has 1 N–H and O–H groups in total. The molecule has 2 rings (SSSR count). The van der Waals surface area contributed by atoms with E-state index in [0.29, 0.717) is 24.1 Å². The van der Waals surface area contributed by atoms with E-state index in [0.717, 1.165) is 0 Å². The summed E-state index contributed by atoms with van der Waals surface area (Å²) in [4.78, 5) is 0. The van der Waals surface area contributed by atoms with Crippen molar-refractivity contribution in [3.8, 4) is 0 Å². The maximum atomic E-state index is 13.6. The predicted molar refractivity (Wildman–Crippen MR) is 87.7 cm³/mol. The third-order valence-electron chi connectivity index (χ3n) is 3.01. The summed E-state index contributed by atoms with van der Waals surface area (Å²) in [5.74, 6) is -0.959. The van der Waals surface area contributed by atoms with E-state index in [1.54, 1.807) is 19.2 Å². The predicted octanol–water partition coefficient (Wildman–Crippen LogP) is 2.61. The molecular formula is C15H14BCl2F2NO. The molecule has 0 heterocycles. The van der Waals surface area contributed by atoms with Gasteiger partial charge in [0.15, 0.2) is 0 Å². The molecule has 0 aliphatic rings. The van der Waals surface area contributed by atoms with Crippen LogP contribution in [0.15, 0.2) is 36.4 Å². The second-order valence-corrected chi connectivity index (χ2v) is 5.63. The SMILES string of the molecule is CNCCOB(c1cc(F)cc(Cl)c1)c1cc(F)cc(Cl)c1. The molecule has 2 nitrogen and oxygen atoms in total. The smallest absolute Gasteiger partial charge is 0.361 e. The summed E-state index contributed by atoms with van der Waals surface area (Å²) in [6.45, 7) is 0.307. The van der Waals surface area contributed by atoms with Crippen molar-refractivity contribution in [3.63, 3.8) is 0 Å². The van der Waals surface area contributed by atoms with Crippen molar-refractivity contribution in [2.75, 3.05) is 20.2 Å². The molecule has 0 aromatic heterocycles. The topological polar surface area (TPSA) is 21.3 Å². The van der Waals surface area contributed by atoms with E-state index >= 15 is 0 Å². The summed E-state index contributed by atoms with van der Waals surface area (Å²) in [7, 11) is 1.79. The molecule has 2 aromatic rings. The van der Waals surface area contributed by atoms with Crippen molar-refractivity contribution in [1.29, 1.82) is 0 Å². The highest BCUT2D eigenvalue weighted by atomic mass is 35.5. The van der Waals surface area contributed by atoms with Gasteiger partial charge in [0.2, 0.25) is 0 Å². The fraction of sp³-hybridized carbons (Fsp3) is 0.200. The molecule has 0 saturated carbocycles. The monoisotopic (exact) mass is 343 g/mol. The standard InChI is InChI=1S/C15H14BCl2F2NO/c1-21-2-3-22-16(10-4-12(17)8-14(19)6-10)11-5-13(18)9-15(20)7-11/h4-9,21H,2-3H2,1H3. The van der Waals surface area contributed by atoms with Gasteiger partial charge in [-0.05, 0) is 54.4 Å². The Kier molecular flexibility index (Phi) is 6.21. The van der Waals surface area contributed by atoms with Crippen molar-refractivity contribution in [2.24, 2.45) is 0 Å². The minimum absolute atomic E-state index is 0.250. The molecule has 116 valence electrons. The van der Waals surface area contributed by atoms with Crippen LogP contribution < -0.4 is 16.2 Å². The Hall–Kier alpha value is -1.14. The molecular weight excluding hydrogens is 330 g/mol. The van der Waals surface area contributed by atoms with Crippen molar-refractivity contribution < 1.29 is 13.4 Å². The second kappa shape index (κ2) is 7.93. The fourth-order valence-electron chi connectivity index (χ4n) is 2.12. The molecule has 0 bridgehead atoms. The van der Waals surface area contributed by atoms with E-state index in [-0.39, 0.29) is 10.0 Å². The first-order valence-corrected chi connectivity index (χ1v) is 7.43. The van der Waals surface area contributed by atoms with Crippen molar-refractivity contribution in [1.82, 2.24) is 5.32 Å². The summed E-state index contributed by atoms with van der Waals surface area (Å²) >= 11 is 11.8. The third-order valence-corrected chi connectivity index (χ3v) is 3.45. The zero-order chi connectivity index (χ0) is 16.1. The first kappa shape index (κ1) is 17.2. The van der Waals surface area contributed by atoms with Crippen LogP contribution in [0.4, 0.5) is 8.78 Å². The Morgan fingerprint density at radius 2 is 1.45 bits per heavy atom. The first-order valence-electron chi connectivity index (χ1n) is 6.68. The Labute approximate surface area is 138 Å². The van der Waals surface area contributed by atoms with Crippen LogP contribution >= 0.6 is 23.2 Å². The molecule has 0 radical (unpaired) electrons. The number of benzene rings is 2. The lowest BCUT2D eigenvalue weighted by atomic mass is 9.55. The van der Waals surface area contributed by atoms with Crippen LogP contribution in [0.1, 0.15) is 0 Å². The van der Waals surface area contributed by atoms with Crippen molar-refractivity contribution in [2.45, 2.75) is 0 Å². The molecule has 0 aliphatic carbocycles. The molecule has 0 atom stereocenters. The van der Waals surface area contributed by atoms with Crippen LogP contribution in [0.25, 0.3) is 0 Å². The minimum atomic E-state index is -0.658. The maximum absolute atomic E-state index is 13.6. The summed E-state index contributed by atoms with van der Waals surface area (Å²) in [6.07, 6.45) is 0. The molecule has 0 fully saturated rings. The molecule has 2 aromatic carbocycles. The van der Waals surface area contributed by atoms with E-state index in [4.69, 9.17) is 27.9 Å². The largest absolute Gasteiger partial charge is 0.426 e. The average Bonchev–Trinajstić information content (AvgIpc) is 2.41. The number of likely N-dealkylation sites (N-methyl/N-ethyl adjacent to an activating group) is 1. The first-order chi connectivity index (χ1) is 10.5. The Balaban J connectivity index is 2.40. The van der Waals surface area contributed by atoms with Crippen LogP contribution in [0.5, 0.6) is 0 Å². The molecule has 0 aliphatic heterocycles. The highest BCUT2D eigenvalue weighted by molar-refractivity contribution is 6.80. The third kappa shape index (κ3) is 4.68. The second-order valence-electron chi connectivity index (χ2n) is 4.76. The number of rotatable bonds is 6. The van der Waals surface area contributed by atoms with E-state index < -0.39 is 18.6 Å². The zero-order valence-corrected chi connectivity index (χ0v) is 13.4. The van der Waals surface area contributed by atoms with Crippen LogP contribution in [-0.2, 0) is 4.65 Å². The van der Waals surface area contributed by atoms with Gasteiger partial charge in [0.1, 0.15) is 11.6 Å². The minimum Gasteiger partial charge on any atom is -0.426 e. The van der Waals surface area contributed by atoms with Crippen LogP contribution in [0.3, 0.4) is 0 Å². The van der Waals surface area contributed by atoms with Gasteiger partial charge in [0.05, 0.1) is 0 Å². The summed E-state index contributed by atoms with van der Waals surface area (Å²) < 4.78 is 33.0. The van der Waals surface area contributed by atoms with Crippen LogP contribution in [-0.4, -0.2) is 27.1 Å². The fourth-order valence-corrected chi connectivity index (χ4v) is 2.58. The van der Waals surface area contributed by atoms with E-state index in [1.807, 2.05) is 0 Å². The maximum Gasteiger partial charge on any atom is 0.361 e. The van der Waals surface area contributed by atoms with Gasteiger partial charge in [-0.1, -0.05) is 23.2 Å². The van der Waals surface area contributed by atoms with Crippen molar-refractivity contribution in [3.05, 3.63) is 58.1 Å². The van der Waals surface area contributed by atoms with E-state index in [1.165, 1.54) is 24.3 Å². The Bertz CT molecular complexity index is 565. The van der Waals surface area contributed by atoms with Gasteiger partial charge < -0.3 is 9.97 Å². The quantitative estimate of drug-likeness (QED) is 0.643. The van der Waals surface area contributed by atoms with E-state index in [2.05, 4.69) is 5.32 Å². The van der Waals surface area contributed by atoms with Gasteiger partial charge in [-0.2, -0.15) is 0 Å². The molecule has 0 saturated heterocycles. The highest BCUT2D eigenvalue weighted by Gasteiger charge is 2.23. The van der Waals surface area contributed by atoms with E-state index in [9.17, 15) is 8.78 Å². The lowest BCUT2D eigenvalue weighted by molar-refractivity contribution is 0.333. The van der Waals surface area contributed by atoms with Crippen LogP contribution in [0.2, 0.25) is 10.0 Å². The van der Waals surface area contributed by atoms with Crippen LogP contribution in [0, 0.1) is 11.6 Å². The van der Waals surface area contributed by atoms with Gasteiger partial charge >= 0.3 is 6.92 Å². The lowest BCUT2D eigenvalue weighted by Crippen LogP contribution is -2.46. The Morgan fingerprint density at radius 3 is 1.86 bits per heavy atom. The van der Waals surface area contributed by atoms with Gasteiger partial charge in [-0.25, -0.2) is 8.78 Å². The molecule has 0 spiro atoms. The average molecular weight is 344 g/mol. The molecule has 0 amide bonds. The summed E-state index contributed by atoms with van der Waals surface area (Å²) in [5, 5.41) is 3.45. The lowest BCUT2D eigenvalue weighted by Gasteiger charge is -2.16. The van der Waals surface area contributed by atoms with Gasteiger partial charge in [-0.15, -0.1) is 0 Å². The number of hydrogen-bond acceptors (Lipinski definition) is 2. The molecule has 22 heavy (non-hydrogen) atoms. The van der Waals surface area contributed by atoms with Gasteiger partial charge in [-0.3, -0.25) is 0 Å². The molecule has 0 unspecified atom stereocenters.